The van der Waals surface area contributed by atoms with Gasteiger partial charge in [0.1, 0.15) is 6.07 Å². The van der Waals surface area contributed by atoms with Crippen LogP contribution in [0.15, 0.2) is 36.5 Å². The zero-order valence-electron chi connectivity index (χ0n) is 25.0. The fraction of sp³-hybridized carbons (Fsp3) is 0.333. The predicted molar refractivity (Wildman–Crippen MR) is 163 cm³/mol. The summed E-state index contributed by atoms with van der Waals surface area (Å²) in [4.78, 5) is 54.5. The Morgan fingerprint density at radius 3 is 2.47 bits per heavy atom. The zero-order valence-corrected chi connectivity index (χ0v) is 25.7. The number of nitrogens with one attached hydrogen (secondary N) is 2. The van der Waals surface area contributed by atoms with Gasteiger partial charge in [-0.3, -0.25) is 19.2 Å². The van der Waals surface area contributed by atoms with Crippen LogP contribution >= 0.6 is 11.6 Å². The van der Waals surface area contributed by atoms with Crippen molar-refractivity contribution in [2.45, 2.75) is 18.6 Å². The third kappa shape index (κ3) is 7.83. The lowest BCUT2D eigenvalue weighted by Gasteiger charge is -2.36. The first-order valence-corrected chi connectivity index (χ1v) is 14.6. The molecule has 1 aromatic heterocycles. The molecular weight excluding hydrogens is 644 g/mol. The lowest BCUT2D eigenvalue weighted by Crippen LogP contribution is -2.54. The van der Waals surface area contributed by atoms with Gasteiger partial charge in [-0.2, -0.15) is 9.65 Å². The van der Waals surface area contributed by atoms with Crippen molar-refractivity contribution < 1.29 is 42.9 Å². The number of benzene rings is 2. The van der Waals surface area contributed by atoms with E-state index in [9.17, 15) is 28.3 Å². The number of hydrogen-bond donors (Lipinski definition) is 4. The Morgan fingerprint density at radius 2 is 1.85 bits per heavy atom. The van der Waals surface area contributed by atoms with Gasteiger partial charge in [-0.05, 0) is 36.8 Å². The van der Waals surface area contributed by atoms with Crippen LogP contribution in [0.25, 0.3) is 11.3 Å². The van der Waals surface area contributed by atoms with Crippen molar-refractivity contribution in [2.75, 3.05) is 44.6 Å². The smallest absolute Gasteiger partial charge is 0.291 e. The average Bonchev–Trinajstić information content (AvgIpc) is 3.67. The third-order valence-electron chi connectivity index (χ3n) is 7.55. The molecule has 2 aromatic carbocycles. The van der Waals surface area contributed by atoms with Gasteiger partial charge in [0.25, 0.3) is 18.3 Å². The highest BCUT2D eigenvalue weighted by Gasteiger charge is 2.34. The summed E-state index contributed by atoms with van der Waals surface area (Å²) in [6.07, 6.45) is 1.04. The Morgan fingerprint density at radius 1 is 1.17 bits per heavy atom. The van der Waals surface area contributed by atoms with Gasteiger partial charge in [0.05, 0.1) is 34.6 Å². The number of amides is 3. The molecule has 248 valence electrons. The normalized spacial score (nSPS) is 17.3. The van der Waals surface area contributed by atoms with E-state index in [4.69, 9.17) is 31.5 Å². The molecule has 0 aliphatic carbocycles. The molecular formula is C30H30ClF2N7O7. The molecule has 14 nitrogen and oxygen atoms in total. The number of β-amino-alcohol motifs (C(OH)–C–C–N with tert-alkyl or cyclic N) is 1. The van der Waals surface area contributed by atoms with Crippen molar-refractivity contribution in [1.29, 1.82) is 5.26 Å². The number of carbonyl (C=O) groups excluding carboxylic acids is 3. The minimum Gasteiger partial charge on any atom is -0.483 e. The topological polar surface area (TPSA) is 190 Å². The van der Waals surface area contributed by atoms with Gasteiger partial charge in [0.15, 0.2) is 24.0 Å². The van der Waals surface area contributed by atoms with Crippen LogP contribution in [-0.2, 0) is 16.6 Å². The number of aliphatic hydroxyl groups excluding tert-OH is 1. The standard InChI is InChI=1S/C29H28ClF2N7O5.CH2O2/c1-37-22(19-4-5-23(44-11-6-33)25(32)24(19)31)15-35-26(37)27(41)36-16-2-3-18(20(30)12-16)28(42)38-7-9-39(10-8-38)29(43)21-13-17(40)14-34-21;2-1-3/h2-5,12,15,17,21,34,40H,7-11,13-14H2,1H3,(H,36,41);1H,(H,2,3)/t17-,21-;/m0./s1. The van der Waals surface area contributed by atoms with E-state index in [1.807, 2.05) is 0 Å². The van der Waals surface area contributed by atoms with Crippen molar-refractivity contribution in [3.63, 3.8) is 0 Å². The summed E-state index contributed by atoms with van der Waals surface area (Å²) < 4.78 is 35.4. The Hall–Kier alpha value is -5.11. The largest absolute Gasteiger partial charge is 0.483 e. The summed E-state index contributed by atoms with van der Waals surface area (Å²) >= 11 is 6.42. The fourth-order valence-corrected chi connectivity index (χ4v) is 5.46. The predicted octanol–water partition coefficient (Wildman–Crippen LogP) is 1.88. The highest BCUT2D eigenvalue weighted by atomic mass is 35.5. The van der Waals surface area contributed by atoms with Crippen LogP contribution in [0.5, 0.6) is 5.75 Å². The molecule has 2 fully saturated rings. The van der Waals surface area contributed by atoms with Crippen LogP contribution < -0.4 is 15.4 Å². The Bertz CT molecular complexity index is 1710. The first kappa shape index (κ1) is 34.8. The number of aromatic nitrogens is 2. The van der Waals surface area contributed by atoms with Crippen LogP contribution in [0.2, 0.25) is 5.02 Å². The van der Waals surface area contributed by atoms with E-state index in [2.05, 4.69) is 15.6 Å². The van der Waals surface area contributed by atoms with Gasteiger partial charge in [0, 0.05) is 51.0 Å². The van der Waals surface area contributed by atoms with Gasteiger partial charge in [-0.15, -0.1) is 0 Å². The van der Waals surface area contributed by atoms with E-state index in [0.717, 1.165) is 0 Å². The number of anilines is 1. The molecule has 0 radical (unpaired) electrons. The van der Waals surface area contributed by atoms with Crippen LogP contribution in [0.4, 0.5) is 14.5 Å². The number of rotatable bonds is 7. The molecule has 0 bridgehead atoms. The summed E-state index contributed by atoms with van der Waals surface area (Å²) in [5, 5.41) is 30.9. The molecule has 2 saturated heterocycles. The Balaban J connectivity index is 0.00000160. The zero-order chi connectivity index (χ0) is 34.2. The molecule has 0 unspecified atom stereocenters. The summed E-state index contributed by atoms with van der Waals surface area (Å²) in [7, 11) is 1.46. The minimum absolute atomic E-state index is 0.0941. The molecule has 17 heteroatoms. The third-order valence-corrected chi connectivity index (χ3v) is 7.86. The molecule has 4 N–H and O–H groups in total. The summed E-state index contributed by atoms with van der Waals surface area (Å²) in [6, 6.07) is 8.11. The van der Waals surface area contributed by atoms with Crippen molar-refractivity contribution in [1.82, 2.24) is 24.7 Å². The van der Waals surface area contributed by atoms with E-state index in [0.29, 0.717) is 39.1 Å². The second-order valence-electron chi connectivity index (χ2n) is 10.4. The molecule has 2 aliphatic rings. The maximum Gasteiger partial charge on any atom is 0.291 e. The average molecular weight is 674 g/mol. The summed E-state index contributed by atoms with van der Waals surface area (Å²) in [6.45, 7) is 1.02. The number of nitrogens with zero attached hydrogens (tertiary/aromatic N) is 5. The van der Waals surface area contributed by atoms with Gasteiger partial charge in [-0.1, -0.05) is 11.6 Å². The van der Waals surface area contributed by atoms with Gasteiger partial charge >= 0.3 is 0 Å². The van der Waals surface area contributed by atoms with Crippen molar-refractivity contribution >= 4 is 41.5 Å². The first-order chi connectivity index (χ1) is 22.5. The second-order valence-corrected chi connectivity index (χ2v) is 10.8. The Labute approximate surface area is 272 Å². The summed E-state index contributed by atoms with van der Waals surface area (Å²) in [5.41, 5.74) is 0.463. The SMILES string of the molecule is Cn1c(-c2ccc(OCC#N)c(F)c2F)cnc1C(=O)Nc1ccc(C(=O)N2CCN(C(=O)[C@@H]3C[C@H](O)CN3)CC2)c(Cl)c1.O=CO. The van der Waals surface area contributed by atoms with E-state index in [-0.39, 0.29) is 51.6 Å². The van der Waals surface area contributed by atoms with Crippen LogP contribution in [0, 0.1) is 23.0 Å². The lowest BCUT2D eigenvalue weighted by atomic mass is 10.1. The molecule has 0 saturated carbocycles. The van der Waals surface area contributed by atoms with Gasteiger partial charge in [0.2, 0.25) is 11.7 Å². The highest BCUT2D eigenvalue weighted by molar-refractivity contribution is 6.34. The van der Waals surface area contributed by atoms with E-state index < -0.39 is 42.0 Å². The number of nitriles is 1. The molecule has 2 aliphatic heterocycles. The number of halogens is 3. The van der Waals surface area contributed by atoms with Crippen molar-refractivity contribution in [3.8, 4) is 23.1 Å². The van der Waals surface area contributed by atoms with Crippen LogP contribution in [0.1, 0.15) is 27.4 Å². The lowest BCUT2D eigenvalue weighted by molar-refractivity contribution is -0.134. The van der Waals surface area contributed by atoms with E-state index in [1.54, 1.807) is 15.9 Å². The number of carbonyl (C=O) groups is 4. The Kier molecular flexibility index (Phi) is 11.4. The molecule has 3 aromatic rings. The van der Waals surface area contributed by atoms with Gasteiger partial charge < -0.3 is 40.0 Å². The molecule has 3 heterocycles. The van der Waals surface area contributed by atoms with E-state index >= 15 is 0 Å². The maximum absolute atomic E-state index is 14.8. The van der Waals surface area contributed by atoms with Crippen LogP contribution in [0.3, 0.4) is 0 Å². The van der Waals surface area contributed by atoms with Gasteiger partial charge in [-0.25, -0.2) is 9.37 Å². The van der Waals surface area contributed by atoms with Crippen molar-refractivity contribution in [3.05, 3.63) is 64.6 Å². The number of carboxylic acid groups (broad SMARTS) is 1. The number of ether oxygens (including phenoxy) is 1. The van der Waals surface area contributed by atoms with Crippen molar-refractivity contribution in [2.24, 2.45) is 7.05 Å². The monoisotopic (exact) mass is 673 g/mol. The molecule has 3 amide bonds. The number of hydrogen-bond acceptors (Lipinski definition) is 9. The highest BCUT2D eigenvalue weighted by Crippen LogP contribution is 2.30. The maximum atomic E-state index is 14.8. The minimum atomic E-state index is -1.27. The molecule has 2 atom stereocenters. The fourth-order valence-electron chi connectivity index (χ4n) is 5.20. The summed E-state index contributed by atoms with van der Waals surface area (Å²) in [5.74, 6) is -4.08. The van der Waals surface area contributed by atoms with Crippen LogP contribution in [-0.4, -0.2) is 105 Å². The second kappa shape index (κ2) is 15.5. The quantitative estimate of drug-likeness (QED) is 0.270. The number of imidazole rings is 1. The molecule has 0 spiro atoms. The number of piperazine rings is 1. The van der Waals surface area contributed by atoms with E-state index in [1.165, 1.54) is 48.1 Å². The molecule has 5 rings (SSSR count). The number of aliphatic hydroxyl groups is 1. The first-order valence-electron chi connectivity index (χ1n) is 14.2. The molecule has 47 heavy (non-hydrogen) atoms.